The van der Waals surface area contributed by atoms with Crippen LogP contribution in [0, 0.1) is 0 Å². The average Bonchev–Trinajstić information content (AvgIpc) is 3.06. The van der Waals surface area contributed by atoms with Gasteiger partial charge < -0.3 is 5.73 Å². The van der Waals surface area contributed by atoms with E-state index in [-0.39, 0.29) is 0 Å². The van der Waals surface area contributed by atoms with E-state index in [2.05, 4.69) is 27.1 Å². The summed E-state index contributed by atoms with van der Waals surface area (Å²) in [6.45, 7) is 3.05. The Kier molecular flexibility index (Phi) is 3.46. The van der Waals surface area contributed by atoms with Crippen LogP contribution in [0.15, 0.2) is 36.9 Å². The lowest BCUT2D eigenvalue weighted by Crippen LogP contribution is -2.27. The smallest absolute Gasteiger partial charge is 0.0719 e. The van der Waals surface area contributed by atoms with Gasteiger partial charge in [-0.1, -0.05) is 0 Å². The third kappa shape index (κ3) is 2.76. The normalized spacial score (nSPS) is 19.9. The molecular weight excluding hydrogens is 238 g/mol. The number of aromatic nitrogens is 3. The van der Waals surface area contributed by atoms with E-state index in [4.69, 9.17) is 5.73 Å². The van der Waals surface area contributed by atoms with Crippen molar-refractivity contribution in [2.24, 2.45) is 0 Å². The average molecular weight is 257 g/mol. The maximum atomic E-state index is 5.68. The highest BCUT2D eigenvalue weighted by atomic mass is 15.3. The van der Waals surface area contributed by atoms with E-state index >= 15 is 0 Å². The number of rotatable bonds is 4. The van der Waals surface area contributed by atoms with Crippen LogP contribution in [0.25, 0.3) is 0 Å². The van der Waals surface area contributed by atoms with Gasteiger partial charge in [0, 0.05) is 31.2 Å². The molecule has 2 N–H and O–H groups in total. The fraction of sp³-hybridized carbons (Fsp3) is 0.429. The lowest BCUT2D eigenvalue weighted by Gasteiger charge is -2.24. The zero-order chi connectivity index (χ0) is 13.1. The lowest BCUT2D eigenvalue weighted by molar-refractivity contribution is 0.243. The van der Waals surface area contributed by atoms with E-state index < -0.39 is 0 Å². The first kappa shape index (κ1) is 12.2. The first-order valence-electron chi connectivity index (χ1n) is 6.75. The van der Waals surface area contributed by atoms with Gasteiger partial charge in [0.25, 0.3) is 0 Å². The van der Waals surface area contributed by atoms with Crippen molar-refractivity contribution in [1.29, 1.82) is 0 Å². The fourth-order valence-electron chi connectivity index (χ4n) is 2.79. The number of likely N-dealkylation sites (tertiary alicyclic amines) is 1. The second kappa shape index (κ2) is 5.40. The molecule has 1 atom stereocenters. The van der Waals surface area contributed by atoms with E-state index in [1.54, 1.807) is 6.20 Å². The van der Waals surface area contributed by atoms with Gasteiger partial charge in [-0.3, -0.25) is 14.6 Å². The largest absolute Gasteiger partial charge is 0.396 e. The van der Waals surface area contributed by atoms with Crippen molar-refractivity contribution in [2.45, 2.75) is 25.4 Å². The summed E-state index contributed by atoms with van der Waals surface area (Å²) in [5, 5.41) is 4.23. The van der Waals surface area contributed by atoms with E-state index in [0.29, 0.717) is 6.04 Å². The molecule has 1 fully saturated rings. The molecule has 0 amide bonds. The predicted octanol–water partition coefficient (Wildman–Crippen LogP) is 1.70. The fourth-order valence-corrected chi connectivity index (χ4v) is 2.79. The van der Waals surface area contributed by atoms with Crippen LogP contribution in [0.4, 0.5) is 5.69 Å². The number of nitrogens with zero attached hydrogens (tertiary/aromatic N) is 4. The second-order valence-electron chi connectivity index (χ2n) is 5.01. The minimum absolute atomic E-state index is 0.524. The Hall–Kier alpha value is -1.88. The van der Waals surface area contributed by atoms with Gasteiger partial charge in [-0.25, -0.2) is 0 Å². The summed E-state index contributed by atoms with van der Waals surface area (Å²) < 4.78 is 1.91. The minimum Gasteiger partial charge on any atom is -0.396 e. The maximum absolute atomic E-state index is 5.68. The van der Waals surface area contributed by atoms with Crippen molar-refractivity contribution in [2.75, 3.05) is 18.8 Å². The molecule has 2 aromatic heterocycles. The number of pyridine rings is 1. The molecule has 19 heavy (non-hydrogen) atoms. The van der Waals surface area contributed by atoms with Gasteiger partial charge in [0.2, 0.25) is 0 Å². The van der Waals surface area contributed by atoms with Gasteiger partial charge in [-0.2, -0.15) is 5.10 Å². The van der Waals surface area contributed by atoms with Crippen molar-refractivity contribution < 1.29 is 0 Å². The summed E-state index contributed by atoms with van der Waals surface area (Å²) in [7, 11) is 0. The first-order valence-corrected chi connectivity index (χ1v) is 6.75. The van der Waals surface area contributed by atoms with Crippen molar-refractivity contribution in [3.8, 4) is 0 Å². The van der Waals surface area contributed by atoms with Gasteiger partial charge in [-0.05, 0) is 37.1 Å². The van der Waals surface area contributed by atoms with Gasteiger partial charge in [0.15, 0.2) is 0 Å². The number of hydrogen-bond acceptors (Lipinski definition) is 4. The molecule has 100 valence electrons. The molecule has 3 heterocycles. The maximum Gasteiger partial charge on any atom is 0.0719 e. The molecule has 0 radical (unpaired) electrons. The van der Waals surface area contributed by atoms with Crippen molar-refractivity contribution in [3.05, 3.63) is 42.5 Å². The van der Waals surface area contributed by atoms with Crippen LogP contribution in [-0.4, -0.2) is 32.8 Å². The van der Waals surface area contributed by atoms with Crippen LogP contribution < -0.4 is 5.73 Å². The van der Waals surface area contributed by atoms with Gasteiger partial charge >= 0.3 is 0 Å². The molecule has 0 spiro atoms. The van der Waals surface area contributed by atoms with Crippen molar-refractivity contribution in [1.82, 2.24) is 19.7 Å². The summed E-state index contributed by atoms with van der Waals surface area (Å²) in [4.78, 5) is 6.61. The van der Waals surface area contributed by atoms with Gasteiger partial charge in [-0.15, -0.1) is 0 Å². The third-order valence-corrected chi connectivity index (χ3v) is 3.72. The lowest BCUT2D eigenvalue weighted by atomic mass is 10.1. The Bertz CT molecular complexity index is 522. The quantitative estimate of drug-likeness (QED) is 0.905. The molecule has 0 saturated carbocycles. The summed E-state index contributed by atoms with van der Waals surface area (Å²) in [5.74, 6) is 0. The van der Waals surface area contributed by atoms with Crippen LogP contribution in [0.3, 0.4) is 0 Å². The highest BCUT2D eigenvalue weighted by Crippen LogP contribution is 2.31. The van der Waals surface area contributed by atoms with E-state index in [1.807, 2.05) is 23.3 Å². The molecule has 0 aliphatic carbocycles. The molecule has 5 nitrogen and oxygen atoms in total. The summed E-state index contributed by atoms with van der Waals surface area (Å²) in [5.41, 5.74) is 7.77. The van der Waals surface area contributed by atoms with Crippen LogP contribution >= 0.6 is 0 Å². The van der Waals surface area contributed by atoms with Crippen LogP contribution in [0.2, 0.25) is 0 Å². The highest BCUT2D eigenvalue weighted by molar-refractivity contribution is 5.30. The Morgan fingerprint density at radius 3 is 2.84 bits per heavy atom. The summed E-state index contributed by atoms with van der Waals surface area (Å²) in [6.07, 6.45) is 9.82. The van der Waals surface area contributed by atoms with Crippen LogP contribution in [-0.2, 0) is 6.54 Å². The van der Waals surface area contributed by atoms with E-state index in [1.165, 1.54) is 18.4 Å². The topological polar surface area (TPSA) is 60.0 Å². The SMILES string of the molecule is Nc1cnn(CCN2CCCC2c2ccncc2)c1. The summed E-state index contributed by atoms with van der Waals surface area (Å²) >= 11 is 0. The zero-order valence-corrected chi connectivity index (χ0v) is 10.9. The Morgan fingerprint density at radius 2 is 2.11 bits per heavy atom. The van der Waals surface area contributed by atoms with E-state index in [0.717, 1.165) is 25.3 Å². The molecular formula is C14H19N5. The molecule has 0 aromatic carbocycles. The van der Waals surface area contributed by atoms with Crippen LogP contribution in [0.5, 0.6) is 0 Å². The monoisotopic (exact) mass is 257 g/mol. The van der Waals surface area contributed by atoms with Crippen LogP contribution in [0.1, 0.15) is 24.4 Å². The Morgan fingerprint density at radius 1 is 1.26 bits per heavy atom. The Balaban J connectivity index is 1.64. The second-order valence-corrected chi connectivity index (χ2v) is 5.01. The molecule has 2 aromatic rings. The minimum atomic E-state index is 0.524. The molecule has 1 saturated heterocycles. The van der Waals surface area contributed by atoms with Crippen molar-refractivity contribution in [3.63, 3.8) is 0 Å². The first-order chi connectivity index (χ1) is 9.33. The number of hydrogen-bond donors (Lipinski definition) is 1. The predicted molar refractivity (Wildman–Crippen MR) is 74.4 cm³/mol. The molecule has 0 bridgehead atoms. The zero-order valence-electron chi connectivity index (χ0n) is 10.9. The molecule has 1 aliphatic rings. The molecule has 3 rings (SSSR count). The van der Waals surface area contributed by atoms with Gasteiger partial charge in [0.05, 0.1) is 18.4 Å². The Labute approximate surface area is 113 Å². The highest BCUT2D eigenvalue weighted by Gasteiger charge is 2.25. The summed E-state index contributed by atoms with van der Waals surface area (Å²) in [6, 6.07) is 4.76. The van der Waals surface area contributed by atoms with Crippen molar-refractivity contribution >= 4 is 5.69 Å². The standard InChI is InChI=1S/C14H19N5/c15-13-10-17-19(11-13)9-8-18-7-1-2-14(18)12-3-5-16-6-4-12/h3-6,10-11,14H,1-2,7-9,15H2. The molecule has 1 unspecified atom stereocenters. The number of nitrogen functional groups attached to an aromatic ring is 1. The molecule has 1 aliphatic heterocycles. The number of nitrogens with two attached hydrogens (primary N) is 1. The van der Waals surface area contributed by atoms with E-state index in [9.17, 15) is 0 Å². The van der Waals surface area contributed by atoms with Gasteiger partial charge in [0.1, 0.15) is 0 Å². The molecule has 5 heteroatoms. The number of anilines is 1. The third-order valence-electron chi connectivity index (χ3n) is 3.72.